The van der Waals surface area contributed by atoms with Crippen LogP contribution in [-0.4, -0.2) is 43.7 Å². The van der Waals surface area contributed by atoms with Gasteiger partial charge in [0.15, 0.2) is 0 Å². The van der Waals surface area contributed by atoms with E-state index in [1.54, 1.807) is 0 Å². The number of hydrogen-bond acceptors (Lipinski definition) is 3. The Morgan fingerprint density at radius 1 is 1.45 bits per heavy atom. The number of nitrogens with one attached hydrogen (secondary N) is 1. The molecule has 0 bridgehead atoms. The minimum absolute atomic E-state index is 0.186. The summed E-state index contributed by atoms with van der Waals surface area (Å²) in [5.41, 5.74) is 1.14. The average Bonchev–Trinajstić information content (AvgIpc) is 2.48. The van der Waals surface area contributed by atoms with Crippen molar-refractivity contribution >= 4 is 17.5 Å². The zero-order valence-corrected chi connectivity index (χ0v) is 12.5. The van der Waals surface area contributed by atoms with E-state index in [-0.39, 0.29) is 11.9 Å². The van der Waals surface area contributed by atoms with E-state index in [1.807, 2.05) is 29.2 Å². The highest BCUT2D eigenvalue weighted by Crippen LogP contribution is 2.17. The molecule has 1 aliphatic heterocycles. The Morgan fingerprint density at radius 2 is 2.20 bits per heavy atom. The van der Waals surface area contributed by atoms with Gasteiger partial charge in [-0.1, -0.05) is 23.7 Å². The van der Waals surface area contributed by atoms with E-state index < -0.39 is 0 Å². The maximum atomic E-state index is 12.0. The molecule has 1 fully saturated rings. The largest absolute Gasteiger partial charge is 0.378 e. The second-order valence-corrected chi connectivity index (χ2v) is 5.41. The second-order valence-electron chi connectivity index (χ2n) is 4.97. The van der Waals surface area contributed by atoms with Gasteiger partial charge in [0.25, 0.3) is 0 Å². The first kappa shape index (κ1) is 15.3. The van der Waals surface area contributed by atoms with Gasteiger partial charge in [0, 0.05) is 37.1 Å². The average molecular weight is 297 g/mol. The number of morpholine rings is 1. The summed E-state index contributed by atoms with van der Waals surface area (Å²) in [6, 6.07) is 7.97. The van der Waals surface area contributed by atoms with Crippen LogP contribution in [0.1, 0.15) is 24.9 Å². The molecule has 1 aromatic rings. The van der Waals surface area contributed by atoms with Crippen molar-refractivity contribution in [2.75, 3.05) is 32.8 Å². The van der Waals surface area contributed by atoms with Crippen molar-refractivity contribution in [2.45, 2.75) is 19.4 Å². The van der Waals surface area contributed by atoms with E-state index in [4.69, 9.17) is 16.3 Å². The molecule has 5 heteroatoms. The number of carbonyl (C=O) groups excluding carboxylic acids is 1. The van der Waals surface area contributed by atoms with Gasteiger partial charge in [0.2, 0.25) is 5.91 Å². The third-order valence-corrected chi connectivity index (χ3v) is 3.74. The van der Waals surface area contributed by atoms with Gasteiger partial charge >= 0.3 is 0 Å². The van der Waals surface area contributed by atoms with E-state index in [2.05, 4.69) is 12.2 Å². The van der Waals surface area contributed by atoms with E-state index >= 15 is 0 Å². The van der Waals surface area contributed by atoms with Crippen molar-refractivity contribution in [1.82, 2.24) is 10.2 Å². The third kappa shape index (κ3) is 4.47. The fraction of sp³-hybridized carbons (Fsp3) is 0.533. The van der Waals surface area contributed by atoms with Crippen molar-refractivity contribution < 1.29 is 9.53 Å². The summed E-state index contributed by atoms with van der Waals surface area (Å²) >= 11 is 5.97. The fourth-order valence-corrected chi connectivity index (χ4v) is 2.46. The summed E-state index contributed by atoms with van der Waals surface area (Å²) in [5.74, 6) is 0.194. The number of ether oxygens (including phenoxy) is 1. The van der Waals surface area contributed by atoms with Crippen LogP contribution in [0.4, 0.5) is 0 Å². The molecule has 2 rings (SSSR count). The number of benzene rings is 1. The van der Waals surface area contributed by atoms with Crippen LogP contribution >= 0.6 is 11.6 Å². The minimum Gasteiger partial charge on any atom is -0.378 e. The van der Waals surface area contributed by atoms with Crippen LogP contribution in [0.2, 0.25) is 5.02 Å². The summed E-state index contributed by atoms with van der Waals surface area (Å²) in [6.07, 6.45) is 0.519. The predicted molar refractivity (Wildman–Crippen MR) is 79.9 cm³/mol. The first-order chi connectivity index (χ1) is 9.66. The summed E-state index contributed by atoms with van der Waals surface area (Å²) in [5, 5.41) is 4.10. The van der Waals surface area contributed by atoms with Crippen molar-refractivity contribution in [3.8, 4) is 0 Å². The molecule has 4 nitrogen and oxygen atoms in total. The summed E-state index contributed by atoms with van der Waals surface area (Å²) < 4.78 is 5.24. The van der Waals surface area contributed by atoms with Crippen LogP contribution in [0.15, 0.2) is 24.3 Å². The van der Waals surface area contributed by atoms with Crippen LogP contribution < -0.4 is 5.32 Å². The molecule has 110 valence electrons. The molecule has 0 aliphatic carbocycles. The van der Waals surface area contributed by atoms with Crippen molar-refractivity contribution in [3.05, 3.63) is 34.9 Å². The maximum absolute atomic E-state index is 12.0. The highest BCUT2D eigenvalue weighted by Gasteiger charge is 2.16. The van der Waals surface area contributed by atoms with Crippen LogP contribution in [0, 0.1) is 0 Å². The summed E-state index contributed by atoms with van der Waals surface area (Å²) in [6.45, 7) is 5.47. The van der Waals surface area contributed by atoms with Gasteiger partial charge in [-0.2, -0.15) is 0 Å². The molecule has 1 N–H and O–H groups in total. The lowest BCUT2D eigenvalue weighted by Gasteiger charge is -2.27. The number of carbonyl (C=O) groups is 1. The van der Waals surface area contributed by atoms with Crippen molar-refractivity contribution in [2.24, 2.45) is 0 Å². The van der Waals surface area contributed by atoms with Crippen LogP contribution in [0.25, 0.3) is 0 Å². The number of amides is 1. The van der Waals surface area contributed by atoms with E-state index in [0.717, 1.165) is 10.6 Å². The number of nitrogens with zero attached hydrogens (tertiary/aromatic N) is 1. The molecule has 1 aliphatic rings. The second kappa shape index (κ2) is 7.62. The molecule has 0 radical (unpaired) electrons. The van der Waals surface area contributed by atoms with Gasteiger partial charge in [-0.05, 0) is 24.6 Å². The summed E-state index contributed by atoms with van der Waals surface area (Å²) in [4.78, 5) is 13.8. The topological polar surface area (TPSA) is 41.6 Å². The molecule has 0 saturated carbocycles. The molecular formula is C15H21ClN2O2. The minimum atomic E-state index is 0.186. The van der Waals surface area contributed by atoms with Crippen LogP contribution in [0.5, 0.6) is 0 Å². The van der Waals surface area contributed by atoms with Gasteiger partial charge in [-0.3, -0.25) is 4.79 Å². The highest BCUT2D eigenvalue weighted by atomic mass is 35.5. The maximum Gasteiger partial charge on any atom is 0.224 e. The molecule has 1 atom stereocenters. The van der Waals surface area contributed by atoms with E-state index in [0.29, 0.717) is 39.3 Å². The molecule has 1 heterocycles. The Kier molecular flexibility index (Phi) is 5.83. The van der Waals surface area contributed by atoms with Gasteiger partial charge < -0.3 is 15.0 Å². The van der Waals surface area contributed by atoms with Gasteiger partial charge in [-0.25, -0.2) is 0 Å². The molecular weight excluding hydrogens is 276 g/mol. The number of hydrogen-bond donors (Lipinski definition) is 1. The van der Waals surface area contributed by atoms with Crippen molar-refractivity contribution in [3.63, 3.8) is 0 Å². The lowest BCUT2D eigenvalue weighted by atomic mass is 10.1. The Labute approximate surface area is 125 Å². The summed E-state index contributed by atoms with van der Waals surface area (Å²) in [7, 11) is 0. The Hall–Kier alpha value is -1.10. The third-order valence-electron chi connectivity index (χ3n) is 3.50. The molecule has 0 aromatic heterocycles. The first-order valence-electron chi connectivity index (χ1n) is 7.01. The first-order valence-corrected chi connectivity index (χ1v) is 7.39. The number of halogens is 1. The normalized spacial score (nSPS) is 17.0. The Balaban J connectivity index is 1.73. The molecule has 20 heavy (non-hydrogen) atoms. The molecule has 0 spiro atoms. The zero-order valence-electron chi connectivity index (χ0n) is 11.8. The fourth-order valence-electron chi connectivity index (χ4n) is 2.26. The van der Waals surface area contributed by atoms with E-state index in [1.165, 1.54) is 0 Å². The van der Waals surface area contributed by atoms with Gasteiger partial charge in [0.1, 0.15) is 0 Å². The number of rotatable bonds is 5. The van der Waals surface area contributed by atoms with Crippen molar-refractivity contribution in [1.29, 1.82) is 0 Å². The van der Waals surface area contributed by atoms with E-state index in [9.17, 15) is 4.79 Å². The quantitative estimate of drug-likeness (QED) is 0.906. The molecule has 1 amide bonds. The molecule has 1 saturated heterocycles. The zero-order chi connectivity index (χ0) is 14.4. The smallest absolute Gasteiger partial charge is 0.224 e. The Morgan fingerprint density at radius 3 is 2.90 bits per heavy atom. The monoisotopic (exact) mass is 296 g/mol. The van der Waals surface area contributed by atoms with Crippen LogP contribution in [-0.2, 0) is 9.53 Å². The predicted octanol–water partition coefficient (Wildman–Crippen LogP) is 2.24. The van der Waals surface area contributed by atoms with Crippen LogP contribution in [0.3, 0.4) is 0 Å². The Bertz CT molecular complexity index is 447. The van der Waals surface area contributed by atoms with Gasteiger partial charge in [-0.15, -0.1) is 0 Å². The van der Waals surface area contributed by atoms with Gasteiger partial charge in [0.05, 0.1) is 13.2 Å². The standard InChI is InChI=1S/C15H21ClN2O2/c1-12(13-3-2-4-14(16)11-13)17-6-5-15(19)18-7-9-20-10-8-18/h2-4,11-12,17H,5-10H2,1H3. The highest BCUT2D eigenvalue weighted by molar-refractivity contribution is 6.30. The SMILES string of the molecule is CC(NCCC(=O)N1CCOCC1)c1cccc(Cl)c1. The molecule has 1 aromatic carbocycles. The molecule has 1 unspecified atom stereocenters. The lowest BCUT2D eigenvalue weighted by Crippen LogP contribution is -2.41. The lowest BCUT2D eigenvalue weighted by molar-refractivity contribution is -0.135.